The first-order valence-electron chi connectivity index (χ1n) is 6.57. The number of anilines is 1. The third-order valence-electron chi connectivity index (χ3n) is 3.70. The van der Waals surface area contributed by atoms with Gasteiger partial charge >= 0.3 is 0 Å². The minimum Gasteiger partial charge on any atom is -0.325 e. The molecule has 1 N–H and O–H groups in total. The summed E-state index contributed by atoms with van der Waals surface area (Å²) < 4.78 is 0. The van der Waals surface area contributed by atoms with Gasteiger partial charge in [0.25, 0.3) is 0 Å². The van der Waals surface area contributed by atoms with Crippen molar-refractivity contribution in [1.29, 1.82) is 5.26 Å². The van der Waals surface area contributed by atoms with Crippen molar-refractivity contribution in [2.75, 3.05) is 11.6 Å². The van der Waals surface area contributed by atoms with Crippen LogP contribution in [0.5, 0.6) is 0 Å². The monoisotopic (exact) mass is 274 g/mol. The van der Waals surface area contributed by atoms with Crippen LogP contribution in [0.25, 0.3) is 0 Å². The fourth-order valence-electron chi connectivity index (χ4n) is 2.47. The highest BCUT2D eigenvalue weighted by atomic mass is 32.2. The van der Waals surface area contributed by atoms with E-state index in [9.17, 15) is 10.1 Å². The predicted octanol–water partition coefficient (Wildman–Crippen LogP) is 3.82. The number of carbonyl (C=O) groups is 1. The maximum absolute atomic E-state index is 12.3. The molecule has 1 aromatic rings. The minimum absolute atomic E-state index is 0.147. The van der Waals surface area contributed by atoms with Crippen molar-refractivity contribution in [3.05, 3.63) is 24.3 Å². The summed E-state index contributed by atoms with van der Waals surface area (Å²) >= 11 is 1.66. The van der Waals surface area contributed by atoms with Gasteiger partial charge in [0.1, 0.15) is 5.41 Å². The summed E-state index contributed by atoms with van der Waals surface area (Å²) in [5, 5.41) is 12.2. The molecule has 0 unspecified atom stereocenters. The lowest BCUT2D eigenvalue weighted by Gasteiger charge is -2.29. The van der Waals surface area contributed by atoms with E-state index in [0.717, 1.165) is 29.8 Å². The van der Waals surface area contributed by atoms with Crippen molar-refractivity contribution in [3.63, 3.8) is 0 Å². The summed E-state index contributed by atoms with van der Waals surface area (Å²) in [4.78, 5) is 13.5. The lowest BCUT2D eigenvalue weighted by molar-refractivity contribution is -0.124. The van der Waals surface area contributed by atoms with Crippen molar-refractivity contribution in [3.8, 4) is 6.07 Å². The molecule has 0 heterocycles. The number of rotatable bonds is 3. The van der Waals surface area contributed by atoms with Crippen LogP contribution >= 0.6 is 11.8 Å². The van der Waals surface area contributed by atoms with Gasteiger partial charge in [-0.3, -0.25) is 4.79 Å². The Bertz CT molecular complexity index is 484. The molecule has 0 aliphatic heterocycles. The first-order chi connectivity index (χ1) is 9.20. The van der Waals surface area contributed by atoms with Gasteiger partial charge in [0, 0.05) is 10.6 Å². The molecule has 1 fully saturated rings. The van der Waals surface area contributed by atoms with E-state index >= 15 is 0 Å². The van der Waals surface area contributed by atoms with Gasteiger partial charge in [-0.25, -0.2) is 0 Å². The first-order valence-corrected chi connectivity index (χ1v) is 7.79. The Balaban J connectivity index is 2.08. The SMILES string of the molecule is CSc1ccc(NC(=O)C2(C#N)CCCCC2)cc1. The molecule has 0 aromatic heterocycles. The Morgan fingerprint density at radius 3 is 2.42 bits per heavy atom. The molecular weight excluding hydrogens is 256 g/mol. The Morgan fingerprint density at radius 2 is 1.89 bits per heavy atom. The summed E-state index contributed by atoms with van der Waals surface area (Å²) in [5.41, 5.74) is -0.0563. The molecule has 1 amide bonds. The summed E-state index contributed by atoms with van der Waals surface area (Å²) in [6.07, 6.45) is 6.43. The third-order valence-corrected chi connectivity index (χ3v) is 4.45. The Kier molecular flexibility index (Phi) is 4.49. The van der Waals surface area contributed by atoms with E-state index < -0.39 is 5.41 Å². The second kappa shape index (κ2) is 6.12. The fraction of sp³-hybridized carbons (Fsp3) is 0.467. The molecule has 1 aromatic carbocycles. The van der Waals surface area contributed by atoms with Crippen LogP contribution in [0.15, 0.2) is 29.2 Å². The molecule has 1 saturated carbocycles. The summed E-state index contributed by atoms with van der Waals surface area (Å²) in [6.45, 7) is 0. The van der Waals surface area contributed by atoms with Crippen LogP contribution in [0.1, 0.15) is 32.1 Å². The van der Waals surface area contributed by atoms with Crippen LogP contribution in [-0.4, -0.2) is 12.2 Å². The zero-order valence-electron chi connectivity index (χ0n) is 11.1. The number of nitrogens with one attached hydrogen (secondary N) is 1. The molecule has 0 bridgehead atoms. The average Bonchev–Trinajstić information content (AvgIpc) is 2.48. The van der Waals surface area contributed by atoms with E-state index in [1.54, 1.807) is 11.8 Å². The van der Waals surface area contributed by atoms with Crippen molar-refractivity contribution in [1.82, 2.24) is 0 Å². The maximum Gasteiger partial charge on any atom is 0.244 e. The molecule has 1 aliphatic carbocycles. The molecule has 100 valence electrons. The zero-order valence-corrected chi connectivity index (χ0v) is 11.9. The van der Waals surface area contributed by atoms with E-state index in [4.69, 9.17) is 0 Å². The molecule has 0 spiro atoms. The van der Waals surface area contributed by atoms with Gasteiger partial charge < -0.3 is 5.32 Å². The quantitative estimate of drug-likeness (QED) is 0.852. The number of hydrogen-bond acceptors (Lipinski definition) is 3. The van der Waals surface area contributed by atoms with E-state index in [1.807, 2.05) is 30.5 Å². The van der Waals surface area contributed by atoms with Gasteiger partial charge in [-0.2, -0.15) is 5.26 Å². The largest absolute Gasteiger partial charge is 0.325 e. The summed E-state index contributed by atoms with van der Waals surface area (Å²) in [6, 6.07) is 9.96. The number of carbonyl (C=O) groups excluding carboxylic acids is 1. The second-order valence-corrected chi connectivity index (χ2v) is 5.82. The highest BCUT2D eigenvalue weighted by Crippen LogP contribution is 2.36. The fourth-order valence-corrected chi connectivity index (χ4v) is 2.88. The van der Waals surface area contributed by atoms with E-state index in [2.05, 4.69) is 11.4 Å². The molecule has 1 aliphatic rings. The molecule has 4 heteroatoms. The summed E-state index contributed by atoms with van der Waals surface area (Å²) in [5.74, 6) is -0.147. The average molecular weight is 274 g/mol. The molecule has 0 saturated heterocycles. The summed E-state index contributed by atoms with van der Waals surface area (Å²) in [7, 11) is 0. The Hall–Kier alpha value is -1.47. The highest BCUT2D eigenvalue weighted by molar-refractivity contribution is 7.98. The highest BCUT2D eigenvalue weighted by Gasteiger charge is 2.39. The standard InChI is InChI=1S/C15H18N2OS/c1-19-13-7-5-12(6-8-13)17-14(18)15(11-16)9-3-2-4-10-15/h5-8H,2-4,9-10H2,1H3,(H,17,18). The van der Waals surface area contributed by atoms with Crippen LogP contribution < -0.4 is 5.32 Å². The van der Waals surface area contributed by atoms with Gasteiger partial charge in [0.2, 0.25) is 5.91 Å². The molecule has 0 atom stereocenters. The molecule has 0 radical (unpaired) electrons. The number of nitriles is 1. The molecule has 2 rings (SSSR count). The normalized spacial score (nSPS) is 17.5. The molecular formula is C15H18N2OS. The number of thioether (sulfide) groups is 1. The number of benzene rings is 1. The van der Waals surface area contributed by atoms with Crippen molar-refractivity contribution >= 4 is 23.4 Å². The molecule has 3 nitrogen and oxygen atoms in total. The van der Waals surface area contributed by atoms with Crippen LogP contribution in [0, 0.1) is 16.7 Å². The van der Waals surface area contributed by atoms with Gasteiger partial charge in [-0.1, -0.05) is 19.3 Å². The molecule has 19 heavy (non-hydrogen) atoms. The van der Waals surface area contributed by atoms with Gasteiger partial charge in [-0.05, 0) is 43.4 Å². The van der Waals surface area contributed by atoms with Crippen LogP contribution in [0.3, 0.4) is 0 Å². The smallest absolute Gasteiger partial charge is 0.244 e. The Morgan fingerprint density at radius 1 is 1.26 bits per heavy atom. The maximum atomic E-state index is 12.3. The van der Waals surface area contributed by atoms with Crippen molar-refractivity contribution in [2.24, 2.45) is 5.41 Å². The number of hydrogen-bond donors (Lipinski definition) is 1. The van der Waals surface area contributed by atoms with Crippen molar-refractivity contribution < 1.29 is 4.79 Å². The number of amides is 1. The second-order valence-electron chi connectivity index (χ2n) is 4.94. The van der Waals surface area contributed by atoms with Gasteiger partial charge in [0.15, 0.2) is 0 Å². The van der Waals surface area contributed by atoms with Crippen LogP contribution in [0.2, 0.25) is 0 Å². The van der Waals surface area contributed by atoms with Crippen LogP contribution in [0.4, 0.5) is 5.69 Å². The Labute approximate surface area is 118 Å². The predicted molar refractivity (Wildman–Crippen MR) is 78.0 cm³/mol. The van der Waals surface area contributed by atoms with E-state index in [-0.39, 0.29) is 5.91 Å². The first kappa shape index (κ1) is 14.0. The van der Waals surface area contributed by atoms with E-state index in [1.165, 1.54) is 0 Å². The zero-order chi connectivity index (χ0) is 13.7. The lowest BCUT2D eigenvalue weighted by atomic mass is 9.74. The minimum atomic E-state index is -0.823. The van der Waals surface area contributed by atoms with Gasteiger partial charge in [-0.15, -0.1) is 11.8 Å². The lowest BCUT2D eigenvalue weighted by Crippen LogP contribution is -2.36. The number of nitrogens with zero attached hydrogens (tertiary/aromatic N) is 1. The topological polar surface area (TPSA) is 52.9 Å². The van der Waals surface area contributed by atoms with Crippen molar-refractivity contribution in [2.45, 2.75) is 37.0 Å². The third kappa shape index (κ3) is 3.10. The van der Waals surface area contributed by atoms with E-state index in [0.29, 0.717) is 12.8 Å². The van der Waals surface area contributed by atoms with Gasteiger partial charge in [0.05, 0.1) is 6.07 Å². The van der Waals surface area contributed by atoms with Crippen LogP contribution in [-0.2, 0) is 4.79 Å².